The van der Waals surface area contributed by atoms with Crippen LogP contribution >= 0.6 is 0 Å². The van der Waals surface area contributed by atoms with Crippen molar-refractivity contribution in [3.63, 3.8) is 0 Å². The molecule has 0 radical (unpaired) electrons. The average molecular weight is 198 g/mol. The van der Waals surface area contributed by atoms with E-state index < -0.39 is 0 Å². The van der Waals surface area contributed by atoms with Crippen LogP contribution in [0.25, 0.3) is 0 Å². The molecule has 0 aromatic carbocycles. The molecule has 0 amide bonds. The van der Waals surface area contributed by atoms with Crippen molar-refractivity contribution in [2.45, 2.75) is 65.6 Å². The third-order valence-electron chi connectivity index (χ3n) is 3.30. The minimum atomic E-state index is -0.173. The highest BCUT2D eigenvalue weighted by Crippen LogP contribution is 2.46. The molecular weight excluding hydrogens is 176 g/mol. The van der Waals surface area contributed by atoms with Crippen molar-refractivity contribution in [1.29, 1.82) is 0 Å². The molecule has 1 aliphatic carbocycles. The molecule has 0 spiro atoms. The van der Waals surface area contributed by atoms with E-state index in [1.807, 2.05) is 20.8 Å². The highest BCUT2D eigenvalue weighted by atomic mass is 16.5. The van der Waals surface area contributed by atoms with Gasteiger partial charge in [0.25, 0.3) is 0 Å². The van der Waals surface area contributed by atoms with Crippen LogP contribution in [-0.4, -0.2) is 17.5 Å². The van der Waals surface area contributed by atoms with Crippen molar-refractivity contribution in [2.24, 2.45) is 5.41 Å². The molecular formula is C12H22O2. The molecule has 14 heavy (non-hydrogen) atoms. The Kier molecular flexibility index (Phi) is 3.05. The van der Waals surface area contributed by atoms with Gasteiger partial charge in [-0.15, -0.1) is 0 Å². The lowest BCUT2D eigenvalue weighted by Gasteiger charge is -2.49. The summed E-state index contributed by atoms with van der Waals surface area (Å²) in [6.45, 7) is 10.3. The number of Topliss-reactive ketones (excluding diaryl/α,β-unsaturated/α-hetero) is 1. The van der Waals surface area contributed by atoms with Gasteiger partial charge < -0.3 is 4.74 Å². The van der Waals surface area contributed by atoms with Crippen LogP contribution < -0.4 is 0 Å². The molecule has 0 heterocycles. The number of hydrogen-bond acceptors (Lipinski definition) is 2. The summed E-state index contributed by atoms with van der Waals surface area (Å²) < 4.78 is 5.92. The Bertz CT molecular complexity index is 221. The van der Waals surface area contributed by atoms with Gasteiger partial charge in [-0.3, -0.25) is 4.79 Å². The summed E-state index contributed by atoms with van der Waals surface area (Å²) in [5, 5.41) is 0. The normalized spacial score (nSPS) is 26.1. The Balaban J connectivity index is 2.69. The Morgan fingerprint density at radius 1 is 1.36 bits per heavy atom. The summed E-state index contributed by atoms with van der Waals surface area (Å²) in [4.78, 5) is 11.6. The van der Waals surface area contributed by atoms with Crippen molar-refractivity contribution in [3.8, 4) is 0 Å². The summed E-state index contributed by atoms with van der Waals surface area (Å²) in [5.41, 5.74) is -0.311. The third-order valence-corrected chi connectivity index (χ3v) is 3.30. The molecule has 1 unspecified atom stereocenters. The lowest BCUT2D eigenvalue weighted by molar-refractivity contribution is -0.184. The maximum atomic E-state index is 11.6. The minimum absolute atomic E-state index is 0.138. The summed E-state index contributed by atoms with van der Waals surface area (Å²) in [7, 11) is 0. The van der Waals surface area contributed by atoms with Crippen molar-refractivity contribution < 1.29 is 9.53 Å². The van der Waals surface area contributed by atoms with Gasteiger partial charge in [0.2, 0.25) is 0 Å². The van der Waals surface area contributed by atoms with Gasteiger partial charge in [-0.2, -0.15) is 0 Å². The van der Waals surface area contributed by atoms with Crippen LogP contribution in [0.15, 0.2) is 0 Å². The van der Waals surface area contributed by atoms with Crippen molar-refractivity contribution in [1.82, 2.24) is 0 Å². The smallest absolute Gasteiger partial charge is 0.144 e. The lowest BCUT2D eigenvalue weighted by atomic mass is 9.61. The average Bonchev–Trinajstić information content (AvgIpc) is 2.03. The highest BCUT2D eigenvalue weighted by molar-refractivity contribution is 5.92. The fourth-order valence-electron chi connectivity index (χ4n) is 2.30. The molecule has 0 aromatic heterocycles. The molecule has 1 fully saturated rings. The van der Waals surface area contributed by atoms with E-state index in [1.54, 1.807) is 0 Å². The van der Waals surface area contributed by atoms with Gasteiger partial charge in [0, 0.05) is 6.42 Å². The summed E-state index contributed by atoms with van der Waals surface area (Å²) in [5.74, 6) is 0.386. The Morgan fingerprint density at radius 3 is 2.14 bits per heavy atom. The van der Waals surface area contributed by atoms with Gasteiger partial charge in [0.15, 0.2) is 0 Å². The Morgan fingerprint density at radius 2 is 1.86 bits per heavy atom. The number of rotatable bonds is 3. The first-order valence-electron chi connectivity index (χ1n) is 5.57. The Labute approximate surface area is 87.0 Å². The zero-order valence-corrected chi connectivity index (χ0v) is 10.0. The second-order valence-corrected chi connectivity index (χ2v) is 5.21. The largest absolute Gasteiger partial charge is 0.371 e. The molecule has 1 atom stereocenters. The van der Waals surface area contributed by atoms with Crippen LogP contribution in [0.5, 0.6) is 0 Å². The second kappa shape index (κ2) is 3.65. The first kappa shape index (κ1) is 11.7. The van der Waals surface area contributed by atoms with Gasteiger partial charge in [-0.25, -0.2) is 0 Å². The molecule has 0 aliphatic heterocycles. The van der Waals surface area contributed by atoms with Crippen molar-refractivity contribution in [2.75, 3.05) is 0 Å². The van der Waals surface area contributed by atoms with E-state index in [9.17, 15) is 4.79 Å². The first-order valence-corrected chi connectivity index (χ1v) is 5.57. The van der Waals surface area contributed by atoms with Crippen molar-refractivity contribution in [3.05, 3.63) is 0 Å². The molecule has 1 aliphatic rings. The van der Waals surface area contributed by atoms with E-state index in [0.717, 1.165) is 12.8 Å². The highest BCUT2D eigenvalue weighted by Gasteiger charge is 2.53. The molecule has 82 valence electrons. The summed E-state index contributed by atoms with van der Waals surface area (Å²) in [6.07, 6.45) is 2.57. The maximum Gasteiger partial charge on any atom is 0.144 e. The lowest BCUT2D eigenvalue weighted by Crippen LogP contribution is -2.56. The van der Waals surface area contributed by atoms with Crippen LogP contribution in [0, 0.1) is 5.41 Å². The zero-order valence-electron chi connectivity index (χ0n) is 10.0. The predicted molar refractivity (Wildman–Crippen MR) is 57.3 cm³/mol. The van der Waals surface area contributed by atoms with Gasteiger partial charge >= 0.3 is 0 Å². The molecule has 2 heteroatoms. The second-order valence-electron chi connectivity index (χ2n) is 5.21. The molecule has 0 N–H and O–H groups in total. The fraction of sp³-hybridized carbons (Fsp3) is 0.917. The maximum absolute atomic E-state index is 11.6. The molecule has 0 saturated heterocycles. The van der Waals surface area contributed by atoms with Crippen LogP contribution in [0.2, 0.25) is 0 Å². The molecule has 2 nitrogen and oxygen atoms in total. The van der Waals surface area contributed by atoms with Gasteiger partial charge in [-0.05, 0) is 33.6 Å². The van der Waals surface area contributed by atoms with Crippen LogP contribution in [0.4, 0.5) is 0 Å². The number of carbonyl (C=O) groups is 1. The van der Waals surface area contributed by atoms with E-state index in [0.29, 0.717) is 12.2 Å². The Hall–Kier alpha value is -0.370. The molecule has 0 bridgehead atoms. The van der Waals surface area contributed by atoms with E-state index in [2.05, 4.69) is 13.8 Å². The van der Waals surface area contributed by atoms with Crippen molar-refractivity contribution >= 4 is 5.78 Å². The van der Waals surface area contributed by atoms with Gasteiger partial charge in [0.05, 0.1) is 17.1 Å². The minimum Gasteiger partial charge on any atom is -0.371 e. The van der Waals surface area contributed by atoms with Crippen LogP contribution in [-0.2, 0) is 9.53 Å². The quantitative estimate of drug-likeness (QED) is 0.697. The predicted octanol–water partition coefficient (Wildman–Crippen LogP) is 2.95. The zero-order chi connectivity index (χ0) is 11.0. The monoisotopic (exact) mass is 198 g/mol. The molecule has 0 aromatic rings. The van der Waals surface area contributed by atoms with Crippen LogP contribution in [0.1, 0.15) is 53.9 Å². The van der Waals surface area contributed by atoms with E-state index in [4.69, 9.17) is 4.74 Å². The van der Waals surface area contributed by atoms with Gasteiger partial charge in [0.1, 0.15) is 5.78 Å². The number of carbonyl (C=O) groups excluding carboxylic acids is 1. The topological polar surface area (TPSA) is 26.3 Å². The number of ketones is 1. The summed E-state index contributed by atoms with van der Waals surface area (Å²) in [6, 6.07) is 0. The first-order chi connectivity index (χ1) is 6.35. The van der Waals surface area contributed by atoms with E-state index in [1.165, 1.54) is 0 Å². The van der Waals surface area contributed by atoms with E-state index >= 15 is 0 Å². The fourth-order valence-corrected chi connectivity index (χ4v) is 2.30. The SMILES string of the molecule is CCC1(CC)C(=O)CC1OC(C)(C)C. The number of ether oxygens (including phenoxy) is 1. The van der Waals surface area contributed by atoms with E-state index in [-0.39, 0.29) is 17.1 Å². The third kappa shape index (κ3) is 1.85. The summed E-state index contributed by atoms with van der Waals surface area (Å²) >= 11 is 0. The van der Waals surface area contributed by atoms with Crippen LogP contribution in [0.3, 0.4) is 0 Å². The molecule has 1 saturated carbocycles. The van der Waals surface area contributed by atoms with Gasteiger partial charge in [-0.1, -0.05) is 13.8 Å². The number of hydrogen-bond donors (Lipinski definition) is 0. The standard InChI is InChI=1S/C12H22O2/c1-6-12(7-2)9(13)8-10(12)14-11(3,4)5/h10H,6-8H2,1-5H3. The molecule has 1 rings (SSSR count).